The average molecular weight is 276 g/mol. The maximum Gasteiger partial charge on any atom is 0.228 e. The van der Waals surface area contributed by atoms with Crippen molar-refractivity contribution in [3.8, 4) is 0 Å². The number of nitrogens with one attached hydrogen (secondary N) is 1. The second-order valence-corrected chi connectivity index (χ2v) is 6.14. The molecule has 0 unspecified atom stereocenters. The van der Waals surface area contributed by atoms with Crippen molar-refractivity contribution in [1.29, 1.82) is 0 Å². The fourth-order valence-corrected chi connectivity index (χ4v) is 3.68. The smallest absolute Gasteiger partial charge is 0.228 e. The van der Waals surface area contributed by atoms with Crippen molar-refractivity contribution in [3.63, 3.8) is 0 Å². The summed E-state index contributed by atoms with van der Waals surface area (Å²) in [5.41, 5.74) is 0.804. The Morgan fingerprint density at radius 2 is 2.15 bits per heavy atom. The van der Waals surface area contributed by atoms with Crippen molar-refractivity contribution in [2.75, 3.05) is 20.1 Å². The highest BCUT2D eigenvalue weighted by Gasteiger charge is 2.49. The van der Waals surface area contributed by atoms with E-state index in [-0.39, 0.29) is 23.2 Å². The fraction of sp³-hybridized carbons (Fsp3) is 0.562. The lowest BCUT2D eigenvalue weighted by Gasteiger charge is -2.31. The molecule has 1 N–H and O–H groups in total. The van der Waals surface area contributed by atoms with Gasteiger partial charge in [-0.25, -0.2) is 4.39 Å². The van der Waals surface area contributed by atoms with Crippen LogP contribution in [0.1, 0.15) is 24.8 Å². The number of hydrogen-bond donors (Lipinski definition) is 1. The molecule has 1 aromatic rings. The third-order valence-electron chi connectivity index (χ3n) is 4.87. The van der Waals surface area contributed by atoms with Crippen molar-refractivity contribution in [3.05, 3.63) is 35.6 Å². The van der Waals surface area contributed by atoms with E-state index in [0.29, 0.717) is 0 Å². The van der Waals surface area contributed by atoms with E-state index in [1.165, 1.54) is 6.07 Å². The minimum Gasteiger partial charge on any atom is -0.342 e. The van der Waals surface area contributed by atoms with Gasteiger partial charge in [-0.15, -0.1) is 0 Å². The number of halogens is 1. The summed E-state index contributed by atoms with van der Waals surface area (Å²) >= 11 is 0. The van der Waals surface area contributed by atoms with E-state index in [9.17, 15) is 9.18 Å². The van der Waals surface area contributed by atoms with Gasteiger partial charge in [0.25, 0.3) is 0 Å². The Balaban J connectivity index is 1.76. The first kappa shape index (κ1) is 13.6. The van der Waals surface area contributed by atoms with Crippen LogP contribution < -0.4 is 5.32 Å². The van der Waals surface area contributed by atoms with Gasteiger partial charge in [0, 0.05) is 13.1 Å². The van der Waals surface area contributed by atoms with E-state index >= 15 is 0 Å². The molecule has 3 rings (SSSR count). The quantitative estimate of drug-likeness (QED) is 0.895. The summed E-state index contributed by atoms with van der Waals surface area (Å²) < 4.78 is 13.3. The second-order valence-electron chi connectivity index (χ2n) is 6.14. The van der Waals surface area contributed by atoms with Crippen LogP contribution >= 0.6 is 0 Å². The lowest BCUT2D eigenvalue weighted by atomic mass is 9.76. The summed E-state index contributed by atoms with van der Waals surface area (Å²) in [7, 11) is 1.89. The highest BCUT2D eigenvalue weighted by Crippen LogP contribution is 2.43. The standard InChI is InChI=1S/C16H21FN2O/c1-19-14(10-12-3-2-4-13(17)9-12)11-16(15(19)20)5-7-18-8-6-16/h2-4,9,14,18H,5-8,10-11H2,1H3/t14-/m1/s1. The highest BCUT2D eigenvalue weighted by molar-refractivity contribution is 5.85. The average Bonchev–Trinajstić information content (AvgIpc) is 2.65. The third-order valence-corrected chi connectivity index (χ3v) is 4.87. The zero-order chi connectivity index (χ0) is 14.2. The summed E-state index contributed by atoms with van der Waals surface area (Å²) in [6.45, 7) is 1.85. The summed E-state index contributed by atoms with van der Waals surface area (Å²) in [6.07, 6.45) is 3.50. The zero-order valence-electron chi connectivity index (χ0n) is 11.9. The van der Waals surface area contributed by atoms with Gasteiger partial charge in [-0.1, -0.05) is 12.1 Å². The Morgan fingerprint density at radius 1 is 1.40 bits per heavy atom. The molecule has 1 atom stereocenters. The highest BCUT2D eigenvalue weighted by atomic mass is 19.1. The molecule has 0 aromatic heterocycles. The molecule has 20 heavy (non-hydrogen) atoms. The van der Waals surface area contributed by atoms with Crippen LogP contribution in [0.15, 0.2) is 24.3 Å². The topological polar surface area (TPSA) is 32.3 Å². The van der Waals surface area contributed by atoms with Crippen molar-refractivity contribution >= 4 is 5.91 Å². The number of likely N-dealkylation sites (N-methyl/N-ethyl adjacent to an activating group) is 1. The first-order valence-corrected chi connectivity index (χ1v) is 7.33. The van der Waals surface area contributed by atoms with E-state index < -0.39 is 0 Å². The molecule has 0 radical (unpaired) electrons. The van der Waals surface area contributed by atoms with Crippen molar-refractivity contribution < 1.29 is 9.18 Å². The van der Waals surface area contributed by atoms with Crippen LogP contribution in [0.4, 0.5) is 4.39 Å². The van der Waals surface area contributed by atoms with Crippen LogP contribution in [-0.2, 0) is 11.2 Å². The van der Waals surface area contributed by atoms with Gasteiger partial charge < -0.3 is 10.2 Å². The summed E-state index contributed by atoms with van der Waals surface area (Å²) in [5, 5.41) is 3.32. The Labute approximate surface area is 119 Å². The number of nitrogens with zero attached hydrogens (tertiary/aromatic N) is 1. The number of amides is 1. The molecule has 1 aromatic carbocycles. The van der Waals surface area contributed by atoms with Gasteiger partial charge in [-0.3, -0.25) is 4.79 Å². The van der Waals surface area contributed by atoms with Crippen LogP contribution in [-0.4, -0.2) is 37.0 Å². The Morgan fingerprint density at radius 3 is 2.85 bits per heavy atom. The van der Waals surface area contributed by atoms with Crippen LogP contribution in [0.5, 0.6) is 0 Å². The number of likely N-dealkylation sites (tertiary alicyclic amines) is 1. The largest absolute Gasteiger partial charge is 0.342 e. The number of rotatable bonds is 2. The van der Waals surface area contributed by atoms with Crippen molar-refractivity contribution in [1.82, 2.24) is 10.2 Å². The summed E-state index contributed by atoms with van der Waals surface area (Å²) in [5.74, 6) is 0.0754. The number of hydrogen-bond acceptors (Lipinski definition) is 2. The predicted molar refractivity (Wildman–Crippen MR) is 75.8 cm³/mol. The third kappa shape index (κ3) is 2.33. The maximum absolute atomic E-state index is 13.3. The predicted octanol–water partition coefficient (Wildman–Crippen LogP) is 1.97. The van der Waals surface area contributed by atoms with E-state index in [2.05, 4.69) is 5.32 Å². The molecule has 1 amide bonds. The number of carbonyl (C=O) groups excluding carboxylic acids is 1. The van der Waals surface area contributed by atoms with Gasteiger partial charge in [-0.2, -0.15) is 0 Å². The zero-order valence-corrected chi connectivity index (χ0v) is 11.9. The van der Waals surface area contributed by atoms with Gasteiger partial charge >= 0.3 is 0 Å². The van der Waals surface area contributed by atoms with Crippen molar-refractivity contribution in [2.45, 2.75) is 31.7 Å². The Bertz CT molecular complexity index is 511. The lowest BCUT2D eigenvalue weighted by molar-refractivity contribution is -0.136. The molecule has 2 fully saturated rings. The molecule has 2 heterocycles. The minimum atomic E-state index is -0.203. The molecule has 4 heteroatoms. The molecular weight excluding hydrogens is 255 g/mol. The van der Waals surface area contributed by atoms with Gasteiger partial charge in [0.05, 0.1) is 5.41 Å². The molecule has 2 aliphatic rings. The monoisotopic (exact) mass is 276 g/mol. The fourth-order valence-electron chi connectivity index (χ4n) is 3.68. The van der Waals surface area contributed by atoms with Crippen LogP contribution in [0.25, 0.3) is 0 Å². The van der Waals surface area contributed by atoms with Crippen LogP contribution in [0.2, 0.25) is 0 Å². The van der Waals surface area contributed by atoms with Crippen LogP contribution in [0, 0.1) is 11.2 Å². The molecule has 0 aliphatic carbocycles. The molecule has 3 nitrogen and oxygen atoms in total. The number of piperidine rings is 1. The molecule has 108 valence electrons. The van der Waals surface area contributed by atoms with Crippen molar-refractivity contribution in [2.24, 2.45) is 5.41 Å². The van der Waals surface area contributed by atoms with E-state index in [1.807, 2.05) is 18.0 Å². The molecule has 0 bridgehead atoms. The number of benzene rings is 1. The normalized spacial score (nSPS) is 25.4. The molecule has 1 spiro atoms. The Hall–Kier alpha value is -1.42. The SMILES string of the molecule is CN1C(=O)C2(CCNCC2)C[C@H]1Cc1cccc(F)c1. The first-order valence-electron chi connectivity index (χ1n) is 7.33. The molecule has 2 aliphatic heterocycles. The van der Waals surface area contributed by atoms with Gasteiger partial charge in [0.1, 0.15) is 5.82 Å². The van der Waals surface area contributed by atoms with Crippen LogP contribution in [0.3, 0.4) is 0 Å². The minimum absolute atomic E-state index is 0.169. The van der Waals surface area contributed by atoms with E-state index in [0.717, 1.165) is 44.3 Å². The molecule has 2 saturated heterocycles. The second kappa shape index (κ2) is 5.17. The van der Waals surface area contributed by atoms with E-state index in [4.69, 9.17) is 0 Å². The molecular formula is C16H21FN2O. The molecule has 0 saturated carbocycles. The lowest BCUT2D eigenvalue weighted by Crippen LogP contribution is -2.42. The maximum atomic E-state index is 13.3. The van der Waals surface area contributed by atoms with Gasteiger partial charge in [0.2, 0.25) is 5.91 Å². The van der Waals surface area contributed by atoms with E-state index in [1.54, 1.807) is 12.1 Å². The summed E-state index contributed by atoms with van der Waals surface area (Å²) in [4.78, 5) is 14.5. The first-order chi connectivity index (χ1) is 9.61. The Kier molecular flexibility index (Phi) is 3.50. The summed E-state index contributed by atoms with van der Waals surface area (Å²) in [6, 6.07) is 6.91. The number of carbonyl (C=O) groups is 1. The van der Waals surface area contributed by atoms with Gasteiger partial charge in [-0.05, 0) is 56.5 Å². The van der Waals surface area contributed by atoms with Gasteiger partial charge in [0.15, 0.2) is 0 Å².